The van der Waals surface area contributed by atoms with Crippen LogP contribution in [0.5, 0.6) is 5.75 Å². The minimum atomic E-state index is -1.05. The molecule has 6 nitrogen and oxygen atoms in total. The smallest absolute Gasteiger partial charge is 0.314 e. The molecule has 1 amide bonds. The molecule has 142 valence electrons. The molecule has 7 heteroatoms. The second kappa shape index (κ2) is 6.04. The molecule has 1 aromatic heterocycles. The number of hydrogen-bond donors (Lipinski definition) is 2. The minimum absolute atomic E-state index is 0.0680. The maximum atomic E-state index is 13.2. The number of aromatic nitrogens is 1. The van der Waals surface area contributed by atoms with E-state index in [2.05, 4.69) is 4.98 Å². The first-order valence-electron chi connectivity index (χ1n) is 9.18. The predicted molar refractivity (Wildman–Crippen MR) is 105 cm³/mol. The average Bonchev–Trinajstić information content (AvgIpc) is 3.16. The minimum Gasteiger partial charge on any atom is -0.508 e. The lowest BCUT2D eigenvalue weighted by Gasteiger charge is -2.49. The van der Waals surface area contributed by atoms with E-state index in [4.69, 9.17) is 0 Å². The molecule has 0 saturated carbocycles. The Hall–Kier alpha value is -2.93. The van der Waals surface area contributed by atoms with Crippen molar-refractivity contribution in [3.05, 3.63) is 58.6 Å². The van der Waals surface area contributed by atoms with Crippen molar-refractivity contribution in [3.8, 4) is 5.75 Å². The Morgan fingerprint density at radius 2 is 2.07 bits per heavy atom. The highest BCUT2D eigenvalue weighted by Crippen LogP contribution is 2.46. The van der Waals surface area contributed by atoms with Crippen LogP contribution >= 0.6 is 11.3 Å². The normalized spacial score (nSPS) is 23.4. The van der Waals surface area contributed by atoms with Crippen LogP contribution in [-0.2, 0) is 16.6 Å². The van der Waals surface area contributed by atoms with E-state index >= 15 is 0 Å². The van der Waals surface area contributed by atoms with Crippen LogP contribution in [0.2, 0.25) is 0 Å². The van der Waals surface area contributed by atoms with Gasteiger partial charge in [0, 0.05) is 18.2 Å². The van der Waals surface area contributed by atoms with Crippen LogP contribution in [0.1, 0.15) is 34.3 Å². The van der Waals surface area contributed by atoms with Gasteiger partial charge >= 0.3 is 5.97 Å². The Balaban J connectivity index is 1.52. The summed E-state index contributed by atoms with van der Waals surface area (Å²) in [6.07, 6.45) is 1.30. The van der Waals surface area contributed by atoms with Crippen LogP contribution in [0.25, 0.3) is 10.2 Å². The fourth-order valence-corrected chi connectivity index (χ4v) is 5.42. The summed E-state index contributed by atoms with van der Waals surface area (Å²) in [5.41, 5.74) is 3.78. The lowest BCUT2D eigenvalue weighted by atomic mass is 9.63. The summed E-state index contributed by atoms with van der Waals surface area (Å²) in [4.78, 5) is 31.5. The average molecular weight is 394 g/mol. The molecule has 2 N–H and O–H groups in total. The molecule has 3 aromatic rings. The van der Waals surface area contributed by atoms with Crippen molar-refractivity contribution in [1.29, 1.82) is 0 Å². The number of aliphatic carboxylic acids is 1. The first kappa shape index (κ1) is 17.2. The third-order valence-corrected chi connectivity index (χ3v) is 6.91. The van der Waals surface area contributed by atoms with Gasteiger partial charge in [-0.1, -0.05) is 6.07 Å². The summed E-state index contributed by atoms with van der Waals surface area (Å²) in [5, 5.41) is 19.9. The van der Waals surface area contributed by atoms with Gasteiger partial charge in [0.2, 0.25) is 0 Å². The van der Waals surface area contributed by atoms with E-state index in [1.54, 1.807) is 29.8 Å². The molecule has 2 aliphatic rings. The SMILES string of the molecule is O=C(c1ccc2ncsc2c1)N1CCC2(C(=O)O)CC1Cc1ccc(O)cc12. The third-order valence-electron chi connectivity index (χ3n) is 6.12. The third kappa shape index (κ3) is 2.43. The summed E-state index contributed by atoms with van der Waals surface area (Å²) < 4.78 is 0.965. The van der Waals surface area contributed by atoms with Gasteiger partial charge in [0.15, 0.2) is 0 Å². The lowest BCUT2D eigenvalue weighted by molar-refractivity contribution is -0.147. The first-order chi connectivity index (χ1) is 13.5. The van der Waals surface area contributed by atoms with E-state index in [0.29, 0.717) is 36.9 Å². The van der Waals surface area contributed by atoms with Crippen molar-refractivity contribution in [2.75, 3.05) is 6.54 Å². The van der Waals surface area contributed by atoms with Crippen LogP contribution in [0.4, 0.5) is 0 Å². The number of hydrogen-bond acceptors (Lipinski definition) is 5. The zero-order chi connectivity index (χ0) is 19.5. The quantitative estimate of drug-likeness (QED) is 0.697. The number of piperidine rings is 1. The number of phenolic OH excluding ortho intramolecular Hbond substituents is 1. The van der Waals surface area contributed by atoms with Crippen molar-refractivity contribution in [1.82, 2.24) is 9.88 Å². The molecule has 1 fully saturated rings. The number of likely N-dealkylation sites (tertiary alicyclic amines) is 1. The fraction of sp³-hybridized carbons (Fsp3) is 0.286. The molecule has 5 rings (SSSR count). The van der Waals surface area contributed by atoms with Crippen LogP contribution in [0.3, 0.4) is 0 Å². The van der Waals surface area contributed by atoms with Gasteiger partial charge in [0.1, 0.15) is 5.75 Å². The highest BCUT2D eigenvalue weighted by atomic mass is 32.1. The van der Waals surface area contributed by atoms with Gasteiger partial charge in [-0.15, -0.1) is 11.3 Å². The number of carbonyl (C=O) groups is 2. The van der Waals surface area contributed by atoms with Crippen molar-refractivity contribution < 1.29 is 19.8 Å². The number of phenols is 1. The molecule has 2 unspecified atom stereocenters. The van der Waals surface area contributed by atoms with Crippen molar-refractivity contribution in [2.24, 2.45) is 0 Å². The molecule has 2 heterocycles. The van der Waals surface area contributed by atoms with Crippen LogP contribution in [-0.4, -0.2) is 44.6 Å². The molecule has 0 radical (unpaired) electrons. The van der Waals surface area contributed by atoms with Gasteiger partial charge in [-0.05, 0) is 60.7 Å². The summed E-state index contributed by atoms with van der Waals surface area (Å²) in [7, 11) is 0. The number of rotatable bonds is 2. The number of fused-ring (bicyclic) bond motifs is 5. The topological polar surface area (TPSA) is 90.7 Å². The summed E-state index contributed by atoms with van der Waals surface area (Å²) in [6.45, 7) is 0.381. The Bertz CT molecular complexity index is 1120. The maximum Gasteiger partial charge on any atom is 0.314 e. The molecular weight excluding hydrogens is 376 g/mol. The van der Waals surface area contributed by atoms with Crippen molar-refractivity contribution in [2.45, 2.75) is 30.7 Å². The molecular formula is C21H18N2O4S. The van der Waals surface area contributed by atoms with E-state index in [-0.39, 0.29) is 17.7 Å². The number of carbonyl (C=O) groups excluding carboxylic acids is 1. The number of carboxylic acid groups (broad SMARTS) is 1. The number of nitrogens with zero attached hydrogens (tertiary/aromatic N) is 2. The van der Waals surface area contributed by atoms with Gasteiger partial charge < -0.3 is 15.1 Å². The molecule has 1 saturated heterocycles. The van der Waals surface area contributed by atoms with Gasteiger partial charge in [0.05, 0.1) is 21.1 Å². The summed E-state index contributed by atoms with van der Waals surface area (Å²) in [6, 6.07) is 10.3. The second-order valence-electron chi connectivity index (χ2n) is 7.57. The Kier molecular flexibility index (Phi) is 3.71. The zero-order valence-corrected chi connectivity index (χ0v) is 15.8. The molecule has 2 aromatic carbocycles. The highest BCUT2D eigenvalue weighted by Gasteiger charge is 2.52. The monoisotopic (exact) mass is 394 g/mol. The second-order valence-corrected chi connectivity index (χ2v) is 8.46. The fourth-order valence-electron chi connectivity index (χ4n) is 4.71. The van der Waals surface area contributed by atoms with E-state index in [1.807, 2.05) is 17.0 Å². The number of aromatic hydroxyl groups is 1. The van der Waals surface area contributed by atoms with Gasteiger partial charge in [-0.25, -0.2) is 4.98 Å². The van der Waals surface area contributed by atoms with Gasteiger partial charge in [0.25, 0.3) is 5.91 Å². The first-order valence-corrected chi connectivity index (χ1v) is 10.1. The van der Waals surface area contributed by atoms with Crippen molar-refractivity contribution in [3.63, 3.8) is 0 Å². The molecule has 0 spiro atoms. The Morgan fingerprint density at radius 3 is 2.89 bits per heavy atom. The largest absolute Gasteiger partial charge is 0.508 e. The highest BCUT2D eigenvalue weighted by molar-refractivity contribution is 7.16. The molecule has 1 aliphatic heterocycles. The maximum absolute atomic E-state index is 13.2. The van der Waals surface area contributed by atoms with Crippen LogP contribution in [0, 0.1) is 0 Å². The Morgan fingerprint density at radius 1 is 1.21 bits per heavy atom. The van der Waals surface area contributed by atoms with Gasteiger partial charge in [-0.2, -0.15) is 0 Å². The summed E-state index contributed by atoms with van der Waals surface area (Å²) in [5.74, 6) is -0.877. The number of carboxylic acids is 1. The standard InChI is InChI=1S/C21H18N2O4S/c24-15-3-1-12-7-14-10-21(20(26)27,16(12)9-15)5-6-23(14)19(25)13-2-4-17-18(8-13)28-11-22-17/h1-4,8-9,11,14,24H,5-7,10H2,(H,26,27). The number of benzene rings is 2. The van der Waals surface area contributed by atoms with E-state index in [0.717, 1.165) is 15.8 Å². The van der Waals surface area contributed by atoms with E-state index < -0.39 is 11.4 Å². The van der Waals surface area contributed by atoms with Gasteiger partial charge in [-0.3, -0.25) is 9.59 Å². The van der Waals surface area contributed by atoms with Crippen molar-refractivity contribution >= 4 is 33.4 Å². The molecule has 2 bridgehead atoms. The predicted octanol–water partition coefficient (Wildman–Crippen LogP) is 3.19. The zero-order valence-electron chi connectivity index (χ0n) is 15.0. The van der Waals surface area contributed by atoms with Crippen LogP contribution < -0.4 is 0 Å². The van der Waals surface area contributed by atoms with Crippen LogP contribution in [0.15, 0.2) is 41.9 Å². The van der Waals surface area contributed by atoms with E-state index in [1.165, 1.54) is 11.3 Å². The molecule has 1 aliphatic carbocycles. The van der Waals surface area contributed by atoms with E-state index in [9.17, 15) is 19.8 Å². The number of amides is 1. The number of thiazole rings is 1. The molecule has 28 heavy (non-hydrogen) atoms. The lowest BCUT2D eigenvalue weighted by Crippen LogP contribution is -2.57. The Labute approximate surface area is 165 Å². The molecule has 2 atom stereocenters. The summed E-state index contributed by atoms with van der Waals surface area (Å²) >= 11 is 1.50.